The van der Waals surface area contributed by atoms with Crippen LogP contribution in [0.4, 0.5) is 4.79 Å². The minimum Gasteiger partial charge on any atom is -0.338 e. The Hall–Kier alpha value is -0.730. The molecule has 0 aliphatic heterocycles. The zero-order chi connectivity index (χ0) is 8.69. The van der Waals surface area contributed by atoms with E-state index >= 15 is 0 Å². The number of nitrogens with zero attached hydrogens (tertiary/aromatic N) is 1. The second-order valence-electron chi connectivity index (χ2n) is 2.60. The molecule has 0 fully saturated rings. The number of carbonyl (C=O) groups is 1. The van der Waals surface area contributed by atoms with Crippen molar-refractivity contribution in [1.82, 2.24) is 10.2 Å². The van der Waals surface area contributed by atoms with Gasteiger partial charge in [0.1, 0.15) is 0 Å². The van der Waals surface area contributed by atoms with Gasteiger partial charge >= 0.3 is 6.03 Å². The molecule has 0 radical (unpaired) electrons. The third-order valence-electron chi connectivity index (χ3n) is 1.63. The van der Waals surface area contributed by atoms with Gasteiger partial charge in [0.05, 0.1) is 0 Å². The van der Waals surface area contributed by atoms with E-state index in [1.807, 2.05) is 6.92 Å². The lowest BCUT2D eigenvalue weighted by molar-refractivity contribution is 0.211. The van der Waals surface area contributed by atoms with Gasteiger partial charge in [-0.15, -0.1) is 0 Å². The van der Waals surface area contributed by atoms with Crippen molar-refractivity contribution in [2.24, 2.45) is 0 Å². The van der Waals surface area contributed by atoms with Gasteiger partial charge in [-0.05, 0) is 13.3 Å². The van der Waals surface area contributed by atoms with E-state index < -0.39 is 0 Å². The summed E-state index contributed by atoms with van der Waals surface area (Å²) >= 11 is 0. The zero-order valence-corrected chi connectivity index (χ0v) is 7.68. The fraction of sp³-hybridized carbons (Fsp3) is 0.875. The maximum Gasteiger partial charge on any atom is 0.317 e. The lowest BCUT2D eigenvalue weighted by Gasteiger charge is -2.14. The molecule has 0 atom stereocenters. The van der Waals surface area contributed by atoms with Crippen LogP contribution in [0, 0.1) is 0 Å². The molecule has 0 rings (SSSR count). The highest BCUT2D eigenvalue weighted by atomic mass is 16.2. The predicted molar refractivity (Wildman–Crippen MR) is 46.6 cm³/mol. The van der Waals surface area contributed by atoms with E-state index in [0.717, 1.165) is 25.9 Å². The number of carbonyl (C=O) groups excluding carboxylic acids is 1. The minimum absolute atomic E-state index is 0.0287. The fourth-order valence-electron chi connectivity index (χ4n) is 0.651. The Morgan fingerprint density at radius 3 is 2.55 bits per heavy atom. The summed E-state index contributed by atoms with van der Waals surface area (Å²) in [6.07, 6.45) is 2.18. The summed E-state index contributed by atoms with van der Waals surface area (Å²) in [5, 5.41) is 2.82. The first kappa shape index (κ1) is 10.3. The Kier molecular flexibility index (Phi) is 5.61. The molecule has 0 aromatic carbocycles. The molecule has 0 saturated carbocycles. The van der Waals surface area contributed by atoms with Crippen molar-refractivity contribution >= 4 is 6.03 Å². The fourth-order valence-corrected chi connectivity index (χ4v) is 0.651. The summed E-state index contributed by atoms with van der Waals surface area (Å²) < 4.78 is 0. The first-order valence-corrected chi connectivity index (χ1v) is 4.21. The predicted octanol–water partition coefficient (Wildman–Crippen LogP) is 1.45. The molecule has 0 heterocycles. The average molecular weight is 158 g/mol. The quantitative estimate of drug-likeness (QED) is 0.617. The van der Waals surface area contributed by atoms with Crippen molar-refractivity contribution in [2.45, 2.75) is 26.7 Å². The van der Waals surface area contributed by atoms with E-state index in [4.69, 9.17) is 0 Å². The van der Waals surface area contributed by atoms with Crippen molar-refractivity contribution in [3.05, 3.63) is 0 Å². The van der Waals surface area contributed by atoms with Gasteiger partial charge in [-0.2, -0.15) is 0 Å². The maximum absolute atomic E-state index is 11.1. The van der Waals surface area contributed by atoms with Crippen molar-refractivity contribution < 1.29 is 4.79 Å². The van der Waals surface area contributed by atoms with Gasteiger partial charge in [0.25, 0.3) is 0 Å². The lowest BCUT2D eigenvalue weighted by atomic mass is 10.3. The molecular formula is C8H18N2O. The first-order chi connectivity index (χ1) is 5.22. The maximum atomic E-state index is 11.1. The van der Waals surface area contributed by atoms with Crippen LogP contribution in [-0.4, -0.2) is 31.1 Å². The zero-order valence-electron chi connectivity index (χ0n) is 7.68. The molecule has 0 bridgehead atoms. The molecular weight excluding hydrogens is 140 g/mol. The Balaban J connectivity index is 3.36. The van der Waals surface area contributed by atoms with Gasteiger partial charge in [0.2, 0.25) is 0 Å². The summed E-state index contributed by atoms with van der Waals surface area (Å²) in [6.45, 7) is 5.62. The Morgan fingerprint density at radius 1 is 1.45 bits per heavy atom. The van der Waals surface area contributed by atoms with Crippen LogP contribution in [0.5, 0.6) is 0 Å². The monoisotopic (exact) mass is 158 g/mol. The molecule has 3 heteroatoms. The molecule has 0 aromatic heterocycles. The molecule has 3 nitrogen and oxygen atoms in total. The number of hydrogen-bond donors (Lipinski definition) is 1. The second-order valence-corrected chi connectivity index (χ2v) is 2.60. The van der Waals surface area contributed by atoms with Gasteiger partial charge in [-0.1, -0.05) is 13.3 Å². The second kappa shape index (κ2) is 6.01. The minimum atomic E-state index is 0.0287. The smallest absolute Gasteiger partial charge is 0.317 e. The van der Waals surface area contributed by atoms with Gasteiger partial charge < -0.3 is 10.2 Å². The van der Waals surface area contributed by atoms with Crippen LogP contribution in [0.2, 0.25) is 0 Å². The van der Waals surface area contributed by atoms with Gasteiger partial charge in [-0.25, -0.2) is 4.79 Å². The molecule has 0 aliphatic rings. The van der Waals surface area contributed by atoms with Crippen LogP contribution in [-0.2, 0) is 0 Å². The number of amides is 2. The molecule has 0 spiro atoms. The van der Waals surface area contributed by atoms with E-state index in [1.54, 1.807) is 11.9 Å². The average Bonchev–Trinajstić information content (AvgIpc) is 2.03. The van der Waals surface area contributed by atoms with Crippen LogP contribution in [0.15, 0.2) is 0 Å². The van der Waals surface area contributed by atoms with Crippen LogP contribution >= 0.6 is 0 Å². The Bertz CT molecular complexity index is 115. The normalized spacial score (nSPS) is 9.36. The number of urea groups is 1. The van der Waals surface area contributed by atoms with E-state index in [9.17, 15) is 4.79 Å². The van der Waals surface area contributed by atoms with Crippen LogP contribution in [0.1, 0.15) is 26.7 Å². The number of unbranched alkanes of at least 4 members (excludes halogenated alkanes) is 1. The molecule has 0 unspecified atom stereocenters. The topological polar surface area (TPSA) is 32.3 Å². The standard InChI is InChI=1S/C8H18N2O/c1-4-6-7-9-8(11)10(3)5-2/h4-7H2,1-3H3,(H,9,11). The van der Waals surface area contributed by atoms with Gasteiger partial charge in [0.15, 0.2) is 0 Å². The van der Waals surface area contributed by atoms with Gasteiger partial charge in [-0.3, -0.25) is 0 Å². The third kappa shape index (κ3) is 4.65. The summed E-state index contributed by atoms with van der Waals surface area (Å²) in [7, 11) is 1.79. The molecule has 0 aliphatic carbocycles. The van der Waals surface area contributed by atoms with E-state index in [-0.39, 0.29) is 6.03 Å². The summed E-state index contributed by atoms with van der Waals surface area (Å²) in [4.78, 5) is 12.7. The number of nitrogens with one attached hydrogen (secondary N) is 1. The number of hydrogen-bond acceptors (Lipinski definition) is 1. The van der Waals surface area contributed by atoms with Crippen LogP contribution in [0.25, 0.3) is 0 Å². The highest BCUT2D eigenvalue weighted by Gasteiger charge is 2.02. The third-order valence-corrected chi connectivity index (χ3v) is 1.63. The van der Waals surface area contributed by atoms with E-state index in [1.165, 1.54) is 0 Å². The van der Waals surface area contributed by atoms with Crippen LogP contribution < -0.4 is 5.32 Å². The molecule has 2 amide bonds. The Labute approximate surface area is 68.8 Å². The van der Waals surface area contributed by atoms with Gasteiger partial charge in [0, 0.05) is 20.1 Å². The molecule has 1 N–H and O–H groups in total. The molecule has 66 valence electrons. The summed E-state index contributed by atoms with van der Waals surface area (Å²) in [6, 6.07) is 0.0287. The largest absolute Gasteiger partial charge is 0.338 e. The van der Waals surface area contributed by atoms with E-state index in [0.29, 0.717) is 0 Å². The molecule has 11 heavy (non-hydrogen) atoms. The van der Waals surface area contributed by atoms with Crippen LogP contribution in [0.3, 0.4) is 0 Å². The molecule has 0 saturated heterocycles. The summed E-state index contributed by atoms with van der Waals surface area (Å²) in [5.41, 5.74) is 0. The number of rotatable bonds is 4. The first-order valence-electron chi connectivity index (χ1n) is 4.21. The molecule has 0 aromatic rings. The van der Waals surface area contributed by atoms with Crippen molar-refractivity contribution in [2.75, 3.05) is 20.1 Å². The highest BCUT2D eigenvalue weighted by molar-refractivity contribution is 5.73. The summed E-state index contributed by atoms with van der Waals surface area (Å²) in [5.74, 6) is 0. The SMILES string of the molecule is CCCCNC(=O)N(C)CC. The van der Waals surface area contributed by atoms with E-state index in [2.05, 4.69) is 12.2 Å². The van der Waals surface area contributed by atoms with Crippen molar-refractivity contribution in [3.63, 3.8) is 0 Å². The van der Waals surface area contributed by atoms with Crippen molar-refractivity contribution in [1.29, 1.82) is 0 Å². The Morgan fingerprint density at radius 2 is 2.09 bits per heavy atom. The highest BCUT2D eigenvalue weighted by Crippen LogP contribution is 1.85. The van der Waals surface area contributed by atoms with Crippen molar-refractivity contribution in [3.8, 4) is 0 Å². The lowest BCUT2D eigenvalue weighted by Crippen LogP contribution is -2.37.